The average Bonchev–Trinajstić information content (AvgIpc) is 2.76. The van der Waals surface area contributed by atoms with Gasteiger partial charge in [0.15, 0.2) is 0 Å². The molecule has 0 amide bonds. The zero-order chi connectivity index (χ0) is 11.5. The van der Waals surface area contributed by atoms with Crippen LogP contribution in [-0.2, 0) is 0 Å². The minimum Gasteiger partial charge on any atom is -0.394 e. The minimum absolute atomic E-state index is 0. The van der Waals surface area contributed by atoms with Crippen molar-refractivity contribution in [3.8, 4) is 0 Å². The first-order chi connectivity index (χ1) is 7.74. The number of halogens is 1. The highest BCUT2D eigenvalue weighted by Gasteiger charge is 2.25. The summed E-state index contributed by atoms with van der Waals surface area (Å²) < 4.78 is 0. The van der Waals surface area contributed by atoms with E-state index in [0.717, 1.165) is 30.6 Å². The third kappa shape index (κ3) is 2.70. The molecule has 2 rings (SSSR count). The van der Waals surface area contributed by atoms with Crippen LogP contribution in [0.2, 0.25) is 0 Å². The first-order valence-electron chi connectivity index (χ1n) is 5.55. The maximum Gasteiger partial charge on any atom is 0.124 e. The Kier molecular flexibility index (Phi) is 4.78. The molecule has 0 aromatic heterocycles. The Morgan fingerprint density at radius 2 is 2.18 bits per heavy atom. The number of aliphatic hydroxyl groups is 1. The Morgan fingerprint density at radius 3 is 2.82 bits per heavy atom. The Balaban J connectivity index is 0.00000144. The molecule has 0 saturated carbocycles. The van der Waals surface area contributed by atoms with Crippen molar-refractivity contribution in [2.24, 2.45) is 5.73 Å². The van der Waals surface area contributed by atoms with Crippen LogP contribution in [0, 0.1) is 5.41 Å². The molecular weight excluding hydrogens is 238 g/mol. The molecule has 1 heterocycles. The Hall–Kier alpha value is -1.26. The average molecular weight is 256 g/mol. The minimum atomic E-state index is 0. The van der Waals surface area contributed by atoms with E-state index in [-0.39, 0.29) is 30.9 Å². The van der Waals surface area contributed by atoms with Gasteiger partial charge in [-0.15, -0.1) is 12.4 Å². The zero-order valence-electron chi connectivity index (χ0n) is 9.60. The van der Waals surface area contributed by atoms with Crippen LogP contribution in [0.5, 0.6) is 0 Å². The van der Waals surface area contributed by atoms with Gasteiger partial charge >= 0.3 is 0 Å². The molecule has 17 heavy (non-hydrogen) atoms. The SMILES string of the molecule is Cl.N=C(N)c1ccccc1N1CCCC1CO. The van der Waals surface area contributed by atoms with Gasteiger partial charge in [-0.2, -0.15) is 0 Å². The molecule has 1 aliphatic rings. The molecule has 5 heteroatoms. The lowest BCUT2D eigenvalue weighted by Gasteiger charge is -2.27. The summed E-state index contributed by atoms with van der Waals surface area (Å²) in [5.41, 5.74) is 7.28. The van der Waals surface area contributed by atoms with Gasteiger partial charge in [0.2, 0.25) is 0 Å². The largest absolute Gasteiger partial charge is 0.394 e. The van der Waals surface area contributed by atoms with Gasteiger partial charge in [-0.25, -0.2) is 0 Å². The summed E-state index contributed by atoms with van der Waals surface area (Å²) in [6.07, 6.45) is 2.08. The molecule has 0 bridgehead atoms. The van der Waals surface area contributed by atoms with E-state index in [1.807, 2.05) is 24.3 Å². The number of hydrogen-bond donors (Lipinski definition) is 3. The van der Waals surface area contributed by atoms with Gasteiger partial charge in [-0.3, -0.25) is 5.41 Å². The third-order valence-electron chi connectivity index (χ3n) is 3.09. The maximum absolute atomic E-state index is 9.30. The number of amidine groups is 1. The Morgan fingerprint density at radius 1 is 1.47 bits per heavy atom. The van der Waals surface area contributed by atoms with Gasteiger partial charge in [-0.1, -0.05) is 12.1 Å². The van der Waals surface area contributed by atoms with E-state index in [0.29, 0.717) is 0 Å². The summed E-state index contributed by atoms with van der Waals surface area (Å²) in [4.78, 5) is 2.15. The molecule has 1 atom stereocenters. The maximum atomic E-state index is 9.30. The van der Waals surface area contributed by atoms with Crippen molar-refractivity contribution in [3.63, 3.8) is 0 Å². The van der Waals surface area contributed by atoms with Gasteiger partial charge in [0.05, 0.1) is 12.6 Å². The summed E-state index contributed by atoms with van der Waals surface area (Å²) in [5.74, 6) is 0.0826. The topological polar surface area (TPSA) is 73.3 Å². The van der Waals surface area contributed by atoms with Crippen LogP contribution in [0.15, 0.2) is 24.3 Å². The van der Waals surface area contributed by atoms with Crippen molar-refractivity contribution in [2.45, 2.75) is 18.9 Å². The smallest absolute Gasteiger partial charge is 0.124 e. The number of nitrogens with zero attached hydrogens (tertiary/aromatic N) is 1. The summed E-state index contributed by atoms with van der Waals surface area (Å²) >= 11 is 0. The van der Waals surface area contributed by atoms with Gasteiger partial charge in [0.1, 0.15) is 5.84 Å². The van der Waals surface area contributed by atoms with Crippen molar-refractivity contribution in [1.29, 1.82) is 5.41 Å². The van der Waals surface area contributed by atoms with Crippen LogP contribution in [0.1, 0.15) is 18.4 Å². The van der Waals surface area contributed by atoms with Crippen LogP contribution in [-0.4, -0.2) is 30.1 Å². The zero-order valence-corrected chi connectivity index (χ0v) is 10.4. The Labute approximate surface area is 107 Å². The predicted molar refractivity (Wildman–Crippen MR) is 72.2 cm³/mol. The van der Waals surface area contributed by atoms with E-state index >= 15 is 0 Å². The number of anilines is 1. The van der Waals surface area contributed by atoms with E-state index in [1.165, 1.54) is 0 Å². The fourth-order valence-corrected chi connectivity index (χ4v) is 2.29. The number of nitrogen functional groups attached to an aromatic ring is 1. The van der Waals surface area contributed by atoms with E-state index < -0.39 is 0 Å². The lowest BCUT2D eigenvalue weighted by Crippen LogP contribution is -2.33. The molecule has 1 aromatic rings. The van der Waals surface area contributed by atoms with E-state index in [4.69, 9.17) is 11.1 Å². The molecule has 1 saturated heterocycles. The van der Waals surface area contributed by atoms with Crippen molar-refractivity contribution < 1.29 is 5.11 Å². The quantitative estimate of drug-likeness (QED) is 0.564. The van der Waals surface area contributed by atoms with Crippen LogP contribution in [0.25, 0.3) is 0 Å². The summed E-state index contributed by atoms with van der Waals surface area (Å²) in [6, 6.07) is 7.80. The fraction of sp³-hybridized carbons (Fsp3) is 0.417. The summed E-state index contributed by atoms with van der Waals surface area (Å²) in [5, 5.41) is 16.9. The molecule has 1 fully saturated rings. The highest BCUT2D eigenvalue weighted by Crippen LogP contribution is 2.28. The number of nitrogens with one attached hydrogen (secondary N) is 1. The van der Waals surface area contributed by atoms with Crippen LogP contribution >= 0.6 is 12.4 Å². The van der Waals surface area contributed by atoms with E-state index in [1.54, 1.807) is 0 Å². The van der Waals surface area contributed by atoms with Crippen molar-refractivity contribution in [3.05, 3.63) is 29.8 Å². The molecule has 0 aliphatic carbocycles. The fourth-order valence-electron chi connectivity index (χ4n) is 2.29. The van der Waals surface area contributed by atoms with Crippen LogP contribution in [0.4, 0.5) is 5.69 Å². The van der Waals surface area contributed by atoms with Crippen molar-refractivity contribution in [2.75, 3.05) is 18.1 Å². The predicted octanol–water partition coefficient (Wildman–Crippen LogP) is 1.35. The summed E-state index contributed by atoms with van der Waals surface area (Å²) in [6.45, 7) is 1.09. The number of benzene rings is 1. The first kappa shape index (κ1) is 13.8. The van der Waals surface area contributed by atoms with Crippen molar-refractivity contribution in [1.82, 2.24) is 0 Å². The second-order valence-corrected chi connectivity index (χ2v) is 4.10. The number of para-hydroxylation sites is 1. The highest BCUT2D eigenvalue weighted by atomic mass is 35.5. The molecule has 94 valence electrons. The molecule has 0 spiro atoms. The molecule has 4 N–H and O–H groups in total. The third-order valence-corrected chi connectivity index (χ3v) is 3.09. The Bertz CT molecular complexity index is 397. The molecule has 1 unspecified atom stereocenters. The molecule has 1 aromatic carbocycles. The van der Waals surface area contributed by atoms with Gasteiger partial charge in [0.25, 0.3) is 0 Å². The van der Waals surface area contributed by atoms with Gasteiger partial charge in [0, 0.05) is 17.8 Å². The van der Waals surface area contributed by atoms with Gasteiger partial charge < -0.3 is 15.7 Å². The first-order valence-corrected chi connectivity index (χ1v) is 5.55. The molecule has 0 radical (unpaired) electrons. The number of hydrogen-bond acceptors (Lipinski definition) is 3. The molecule has 4 nitrogen and oxygen atoms in total. The van der Waals surface area contributed by atoms with Crippen molar-refractivity contribution >= 4 is 23.9 Å². The van der Waals surface area contributed by atoms with Gasteiger partial charge in [-0.05, 0) is 25.0 Å². The van der Waals surface area contributed by atoms with E-state index in [2.05, 4.69) is 4.90 Å². The number of nitrogens with two attached hydrogens (primary N) is 1. The standard InChI is InChI=1S/C12H17N3O.ClH/c13-12(14)10-5-1-2-6-11(10)15-7-3-4-9(15)8-16;/h1-2,5-6,9,16H,3-4,7-8H2,(H3,13,14);1H. The number of aliphatic hydroxyl groups excluding tert-OH is 1. The lowest BCUT2D eigenvalue weighted by molar-refractivity contribution is 0.266. The normalized spacial score (nSPS) is 18.9. The van der Waals surface area contributed by atoms with Crippen LogP contribution < -0.4 is 10.6 Å². The summed E-state index contributed by atoms with van der Waals surface area (Å²) in [7, 11) is 0. The second kappa shape index (κ2) is 5.89. The van der Waals surface area contributed by atoms with Crippen LogP contribution in [0.3, 0.4) is 0 Å². The lowest BCUT2D eigenvalue weighted by atomic mass is 10.1. The highest BCUT2D eigenvalue weighted by molar-refractivity contribution is 6.00. The second-order valence-electron chi connectivity index (χ2n) is 4.10. The monoisotopic (exact) mass is 255 g/mol. The number of rotatable bonds is 3. The molecule has 1 aliphatic heterocycles. The van der Waals surface area contributed by atoms with E-state index in [9.17, 15) is 5.11 Å². The molecular formula is C12H18ClN3O.